The first-order valence-corrected chi connectivity index (χ1v) is 9.56. The van der Waals surface area contributed by atoms with Gasteiger partial charge in [-0.2, -0.15) is 0 Å². The van der Waals surface area contributed by atoms with E-state index in [4.69, 9.17) is 17.3 Å². The zero-order valence-electron chi connectivity index (χ0n) is 14.4. The largest absolute Gasteiger partial charge is 0.349 e. The Hall–Kier alpha value is -1.59. The second kappa shape index (κ2) is 7.75. The summed E-state index contributed by atoms with van der Waals surface area (Å²) < 4.78 is 0. The predicted molar refractivity (Wildman–Crippen MR) is 99.8 cm³/mol. The third-order valence-electron chi connectivity index (χ3n) is 5.36. The van der Waals surface area contributed by atoms with Gasteiger partial charge in [-0.25, -0.2) is 0 Å². The highest BCUT2D eigenvalue weighted by atomic mass is 35.5. The van der Waals surface area contributed by atoms with Crippen LogP contribution in [0.3, 0.4) is 0 Å². The summed E-state index contributed by atoms with van der Waals surface area (Å²) >= 11 is 6.20. The quantitative estimate of drug-likeness (QED) is 0.763. The van der Waals surface area contributed by atoms with Crippen LogP contribution in [0.2, 0.25) is 5.02 Å². The van der Waals surface area contributed by atoms with Crippen LogP contribution in [0.1, 0.15) is 68.1 Å². The minimum atomic E-state index is -0.801. The molecule has 2 fully saturated rings. The fourth-order valence-corrected chi connectivity index (χ4v) is 3.98. The molecule has 2 saturated carbocycles. The topological polar surface area (TPSA) is 84.2 Å². The van der Waals surface area contributed by atoms with Crippen molar-refractivity contribution in [2.24, 2.45) is 5.73 Å². The Labute approximate surface area is 153 Å². The molecular weight excluding hydrogens is 338 g/mol. The Kier molecular flexibility index (Phi) is 5.64. The van der Waals surface area contributed by atoms with E-state index >= 15 is 0 Å². The summed E-state index contributed by atoms with van der Waals surface area (Å²) in [6.45, 7) is 0. The number of nitrogens with two attached hydrogens (primary N) is 1. The number of benzene rings is 1. The first-order valence-electron chi connectivity index (χ1n) is 9.19. The van der Waals surface area contributed by atoms with Crippen molar-refractivity contribution in [3.63, 3.8) is 0 Å². The number of carbonyl (C=O) groups excluding carboxylic acids is 2. The van der Waals surface area contributed by atoms with E-state index in [1.165, 1.54) is 6.42 Å². The molecule has 0 atom stereocenters. The van der Waals surface area contributed by atoms with Crippen LogP contribution in [0.25, 0.3) is 0 Å². The van der Waals surface area contributed by atoms with Crippen LogP contribution in [0, 0.1) is 0 Å². The lowest BCUT2D eigenvalue weighted by Crippen LogP contribution is -2.48. The number of rotatable bonds is 4. The Morgan fingerprint density at radius 1 is 1.08 bits per heavy atom. The third kappa shape index (κ3) is 4.33. The summed E-state index contributed by atoms with van der Waals surface area (Å²) in [4.78, 5) is 25.0. The van der Waals surface area contributed by atoms with Gasteiger partial charge in [-0.3, -0.25) is 9.59 Å². The van der Waals surface area contributed by atoms with E-state index < -0.39 is 5.54 Å². The Morgan fingerprint density at radius 2 is 1.76 bits per heavy atom. The number of amides is 2. The van der Waals surface area contributed by atoms with Gasteiger partial charge in [0.1, 0.15) is 0 Å². The smallest absolute Gasteiger partial charge is 0.253 e. The average Bonchev–Trinajstić information content (AvgIpc) is 3.05. The summed E-state index contributed by atoms with van der Waals surface area (Å²) in [6.07, 6.45) is 8.88. The van der Waals surface area contributed by atoms with Gasteiger partial charge in [0.05, 0.1) is 16.1 Å². The molecule has 0 saturated heterocycles. The fourth-order valence-electron chi connectivity index (χ4n) is 3.78. The maximum absolute atomic E-state index is 12.6. The maximum atomic E-state index is 12.6. The van der Waals surface area contributed by atoms with Gasteiger partial charge in [-0.05, 0) is 43.9 Å². The normalized spacial score (nSPS) is 20.2. The SMILES string of the molecule is NC1(C(=O)Nc2ccc(Cl)c(C(=O)NC3CCCCC3)c2)CCCC1. The molecule has 6 heteroatoms. The van der Waals surface area contributed by atoms with Crippen LogP contribution in [-0.2, 0) is 4.79 Å². The first kappa shape index (κ1) is 18.2. The van der Waals surface area contributed by atoms with Gasteiger partial charge in [0.15, 0.2) is 0 Å². The maximum Gasteiger partial charge on any atom is 0.253 e. The van der Waals surface area contributed by atoms with Crippen molar-refractivity contribution in [3.05, 3.63) is 28.8 Å². The van der Waals surface area contributed by atoms with Crippen LogP contribution < -0.4 is 16.4 Å². The molecule has 5 nitrogen and oxygen atoms in total. The highest BCUT2D eigenvalue weighted by molar-refractivity contribution is 6.34. The Morgan fingerprint density at radius 3 is 2.44 bits per heavy atom. The van der Waals surface area contributed by atoms with E-state index in [0.29, 0.717) is 29.1 Å². The molecule has 136 valence electrons. The molecule has 1 aromatic carbocycles. The molecule has 4 N–H and O–H groups in total. The molecule has 0 spiro atoms. The van der Waals surface area contributed by atoms with Crippen molar-refractivity contribution in [2.45, 2.75) is 69.4 Å². The van der Waals surface area contributed by atoms with Gasteiger partial charge in [-0.1, -0.05) is 43.7 Å². The number of carbonyl (C=O) groups is 2. The molecule has 0 aromatic heterocycles. The second-order valence-corrected chi connectivity index (χ2v) is 7.73. The summed E-state index contributed by atoms with van der Waals surface area (Å²) in [6, 6.07) is 5.19. The molecule has 0 aliphatic heterocycles. The van der Waals surface area contributed by atoms with Gasteiger partial charge in [0.2, 0.25) is 5.91 Å². The van der Waals surface area contributed by atoms with Crippen LogP contribution in [0.5, 0.6) is 0 Å². The zero-order chi connectivity index (χ0) is 17.9. The molecule has 1 aromatic rings. The number of halogens is 1. The van der Waals surface area contributed by atoms with Crippen LogP contribution in [-0.4, -0.2) is 23.4 Å². The highest BCUT2D eigenvalue weighted by Crippen LogP contribution is 2.29. The van der Waals surface area contributed by atoms with E-state index in [0.717, 1.165) is 38.5 Å². The molecule has 2 aliphatic carbocycles. The third-order valence-corrected chi connectivity index (χ3v) is 5.69. The predicted octanol–water partition coefficient (Wildman–Crippen LogP) is 3.61. The number of hydrogen-bond donors (Lipinski definition) is 3. The summed E-state index contributed by atoms with van der Waals surface area (Å²) in [5.41, 5.74) is 6.33. The Bertz CT molecular complexity index is 650. The van der Waals surface area contributed by atoms with E-state index in [9.17, 15) is 9.59 Å². The van der Waals surface area contributed by atoms with Crippen molar-refractivity contribution in [1.82, 2.24) is 5.32 Å². The number of nitrogens with one attached hydrogen (secondary N) is 2. The van der Waals surface area contributed by atoms with Gasteiger partial charge in [0, 0.05) is 11.7 Å². The molecular formula is C19H26ClN3O2. The van der Waals surface area contributed by atoms with Gasteiger partial charge in [0.25, 0.3) is 5.91 Å². The molecule has 25 heavy (non-hydrogen) atoms. The summed E-state index contributed by atoms with van der Waals surface area (Å²) in [7, 11) is 0. The minimum absolute atomic E-state index is 0.184. The van der Waals surface area contributed by atoms with Gasteiger partial charge < -0.3 is 16.4 Å². The average molecular weight is 364 g/mol. The molecule has 0 bridgehead atoms. The number of anilines is 1. The lowest BCUT2D eigenvalue weighted by Gasteiger charge is -2.24. The van der Waals surface area contributed by atoms with Gasteiger partial charge in [-0.15, -0.1) is 0 Å². The fraction of sp³-hybridized carbons (Fsp3) is 0.579. The van der Waals surface area contributed by atoms with E-state index in [-0.39, 0.29) is 17.9 Å². The number of hydrogen-bond acceptors (Lipinski definition) is 3. The van der Waals surface area contributed by atoms with Crippen molar-refractivity contribution >= 4 is 29.1 Å². The van der Waals surface area contributed by atoms with E-state index in [1.807, 2.05) is 0 Å². The van der Waals surface area contributed by atoms with E-state index in [1.54, 1.807) is 18.2 Å². The summed E-state index contributed by atoms with van der Waals surface area (Å²) in [5.74, 6) is -0.373. The molecule has 3 rings (SSSR count). The van der Waals surface area contributed by atoms with Gasteiger partial charge >= 0.3 is 0 Å². The lowest BCUT2D eigenvalue weighted by molar-refractivity contribution is -0.121. The molecule has 0 heterocycles. The molecule has 0 radical (unpaired) electrons. The lowest BCUT2D eigenvalue weighted by atomic mass is 9.95. The van der Waals surface area contributed by atoms with Crippen molar-refractivity contribution in [2.75, 3.05) is 5.32 Å². The first-order chi connectivity index (χ1) is 12.0. The van der Waals surface area contributed by atoms with Crippen LogP contribution in [0.15, 0.2) is 18.2 Å². The standard InChI is InChI=1S/C19H26ClN3O2/c20-16-9-8-14(23-18(25)19(21)10-4-5-11-19)12-15(16)17(24)22-13-6-2-1-3-7-13/h8-9,12-13H,1-7,10-11,21H2,(H,22,24)(H,23,25). The highest BCUT2D eigenvalue weighted by Gasteiger charge is 2.37. The van der Waals surface area contributed by atoms with Crippen LogP contribution >= 0.6 is 11.6 Å². The van der Waals surface area contributed by atoms with Crippen molar-refractivity contribution in [1.29, 1.82) is 0 Å². The Balaban J connectivity index is 1.69. The van der Waals surface area contributed by atoms with E-state index in [2.05, 4.69) is 10.6 Å². The minimum Gasteiger partial charge on any atom is -0.349 e. The summed E-state index contributed by atoms with van der Waals surface area (Å²) in [5, 5.41) is 6.29. The monoisotopic (exact) mass is 363 g/mol. The molecule has 2 amide bonds. The van der Waals surface area contributed by atoms with Crippen LogP contribution in [0.4, 0.5) is 5.69 Å². The van der Waals surface area contributed by atoms with Crippen molar-refractivity contribution < 1.29 is 9.59 Å². The second-order valence-electron chi connectivity index (χ2n) is 7.32. The molecule has 0 unspecified atom stereocenters. The van der Waals surface area contributed by atoms with Crippen molar-refractivity contribution in [3.8, 4) is 0 Å². The molecule has 2 aliphatic rings. The zero-order valence-corrected chi connectivity index (χ0v) is 15.2.